The number of piperazine rings is 1. The van der Waals surface area contributed by atoms with Crippen molar-refractivity contribution in [2.24, 2.45) is 0 Å². The van der Waals surface area contributed by atoms with E-state index in [0.29, 0.717) is 53.6 Å². The van der Waals surface area contributed by atoms with E-state index in [-0.39, 0.29) is 23.6 Å². The van der Waals surface area contributed by atoms with Crippen molar-refractivity contribution in [3.05, 3.63) is 99.6 Å². The van der Waals surface area contributed by atoms with Crippen LogP contribution in [0.3, 0.4) is 0 Å². The molecule has 1 aromatic heterocycles. The number of nitrogens with zero attached hydrogens (tertiary/aromatic N) is 4. The zero-order chi connectivity index (χ0) is 26.8. The van der Waals surface area contributed by atoms with Crippen LogP contribution in [0.15, 0.2) is 77.6 Å². The lowest BCUT2D eigenvalue weighted by molar-refractivity contribution is 0.0394. The summed E-state index contributed by atoms with van der Waals surface area (Å²) in [7, 11) is 0. The van der Waals surface area contributed by atoms with Crippen LogP contribution in [-0.4, -0.2) is 57.5 Å². The third-order valence-corrected chi connectivity index (χ3v) is 7.48. The molecule has 2 unspecified atom stereocenters. The van der Waals surface area contributed by atoms with Gasteiger partial charge in [-0.3, -0.25) is 19.1 Å². The molecule has 4 aromatic rings. The van der Waals surface area contributed by atoms with E-state index in [4.69, 9.17) is 21.3 Å². The summed E-state index contributed by atoms with van der Waals surface area (Å²) in [6.07, 6.45) is 0. The van der Waals surface area contributed by atoms with Gasteiger partial charge in [0, 0.05) is 25.7 Å². The Balaban J connectivity index is 1.47. The van der Waals surface area contributed by atoms with E-state index in [9.17, 15) is 9.59 Å². The maximum Gasteiger partial charge on any atom is 0.266 e. The van der Waals surface area contributed by atoms with E-state index in [0.717, 1.165) is 11.4 Å². The highest BCUT2D eigenvalue weighted by atomic mass is 35.5. The second kappa shape index (κ2) is 11.0. The summed E-state index contributed by atoms with van der Waals surface area (Å²) in [5.41, 5.74) is 1.81. The van der Waals surface area contributed by atoms with Crippen LogP contribution in [0.5, 0.6) is 5.75 Å². The van der Waals surface area contributed by atoms with Gasteiger partial charge in [0.1, 0.15) is 11.6 Å². The average Bonchev–Trinajstić information content (AvgIpc) is 2.93. The molecule has 7 nitrogen and oxygen atoms in total. The van der Waals surface area contributed by atoms with Gasteiger partial charge in [0.15, 0.2) is 0 Å². The molecule has 0 bridgehead atoms. The zero-order valence-corrected chi connectivity index (χ0v) is 22.6. The molecule has 2 heterocycles. The lowest BCUT2D eigenvalue weighted by atomic mass is 10.1. The Morgan fingerprint density at radius 1 is 1.05 bits per heavy atom. The summed E-state index contributed by atoms with van der Waals surface area (Å²) >= 11 is 6.30. The van der Waals surface area contributed by atoms with Gasteiger partial charge in [-0.05, 0) is 69.3 Å². The number of carbonyl (C=O) groups excluding carboxylic acids is 1. The number of amides is 1. The Kier molecular flexibility index (Phi) is 7.49. The van der Waals surface area contributed by atoms with Crippen LogP contribution in [0.2, 0.25) is 5.02 Å². The molecule has 1 aliphatic heterocycles. The number of rotatable bonds is 6. The van der Waals surface area contributed by atoms with E-state index in [1.807, 2.05) is 79.4 Å². The van der Waals surface area contributed by atoms with Gasteiger partial charge in [-0.15, -0.1) is 0 Å². The van der Waals surface area contributed by atoms with Gasteiger partial charge < -0.3 is 9.64 Å². The van der Waals surface area contributed by atoms with Crippen molar-refractivity contribution in [3.63, 3.8) is 0 Å². The van der Waals surface area contributed by atoms with E-state index in [1.165, 1.54) is 0 Å². The molecule has 1 aliphatic rings. The Morgan fingerprint density at radius 3 is 2.47 bits per heavy atom. The lowest BCUT2D eigenvalue weighted by Gasteiger charge is -2.42. The number of fused-ring (bicyclic) bond motifs is 1. The van der Waals surface area contributed by atoms with E-state index >= 15 is 0 Å². The largest absolute Gasteiger partial charge is 0.494 e. The van der Waals surface area contributed by atoms with E-state index < -0.39 is 0 Å². The number of para-hydroxylation sites is 1. The van der Waals surface area contributed by atoms with Crippen LogP contribution < -0.4 is 10.3 Å². The highest BCUT2D eigenvalue weighted by Gasteiger charge is 2.33. The van der Waals surface area contributed by atoms with Gasteiger partial charge in [-0.25, -0.2) is 4.98 Å². The van der Waals surface area contributed by atoms with Crippen LogP contribution in [0.4, 0.5) is 0 Å². The number of benzene rings is 3. The Morgan fingerprint density at radius 2 is 1.76 bits per heavy atom. The summed E-state index contributed by atoms with van der Waals surface area (Å²) in [5, 5.41) is 1.03. The first-order valence-electron chi connectivity index (χ1n) is 12.9. The normalized spacial score (nSPS) is 16.9. The van der Waals surface area contributed by atoms with Crippen molar-refractivity contribution >= 4 is 28.4 Å². The highest BCUT2D eigenvalue weighted by Crippen LogP contribution is 2.27. The fourth-order valence-electron chi connectivity index (χ4n) is 5.13. The first-order valence-corrected chi connectivity index (χ1v) is 13.3. The number of ether oxygens (including phenoxy) is 1. The molecular formula is C30H31ClN4O3. The Bertz CT molecular complexity index is 1520. The van der Waals surface area contributed by atoms with E-state index in [1.54, 1.807) is 16.7 Å². The topological polar surface area (TPSA) is 67.7 Å². The van der Waals surface area contributed by atoms with Crippen LogP contribution in [0.25, 0.3) is 16.6 Å². The minimum atomic E-state index is -0.168. The molecule has 0 radical (unpaired) electrons. The molecule has 0 spiro atoms. The van der Waals surface area contributed by atoms with Gasteiger partial charge in [0.25, 0.3) is 11.5 Å². The zero-order valence-electron chi connectivity index (χ0n) is 21.8. The fourth-order valence-corrected chi connectivity index (χ4v) is 5.35. The molecule has 196 valence electrons. The molecule has 38 heavy (non-hydrogen) atoms. The maximum absolute atomic E-state index is 13.7. The van der Waals surface area contributed by atoms with Crippen molar-refractivity contribution in [1.82, 2.24) is 19.4 Å². The molecule has 1 amide bonds. The van der Waals surface area contributed by atoms with Crippen LogP contribution >= 0.6 is 11.6 Å². The van der Waals surface area contributed by atoms with Crippen molar-refractivity contribution in [1.29, 1.82) is 0 Å². The summed E-state index contributed by atoms with van der Waals surface area (Å²) in [6, 6.07) is 21.9. The first-order chi connectivity index (χ1) is 18.4. The molecule has 0 aliphatic carbocycles. The molecule has 8 heteroatoms. The molecule has 1 fully saturated rings. The third kappa shape index (κ3) is 4.91. The van der Waals surface area contributed by atoms with Crippen LogP contribution in [0, 0.1) is 0 Å². The average molecular weight is 531 g/mol. The van der Waals surface area contributed by atoms with Gasteiger partial charge in [-0.2, -0.15) is 0 Å². The number of carbonyl (C=O) groups is 1. The standard InChI is InChI=1S/C30H31ClN4O3/c1-4-38-23-15-13-22(14-16-23)35-28(32-27-12-8-6-10-25(27)30(35)37)21(3)33-17-18-34(20(2)19-33)29(36)24-9-5-7-11-26(24)31/h5-16,20-21H,4,17-19H2,1-3H3. The Labute approximate surface area is 227 Å². The second-order valence-electron chi connectivity index (χ2n) is 9.55. The smallest absolute Gasteiger partial charge is 0.266 e. The minimum absolute atomic E-state index is 0.0407. The molecule has 5 rings (SSSR count). The predicted molar refractivity (Wildman–Crippen MR) is 150 cm³/mol. The molecule has 2 atom stereocenters. The van der Waals surface area contributed by atoms with Crippen molar-refractivity contribution in [2.75, 3.05) is 26.2 Å². The molecule has 0 saturated carbocycles. The van der Waals surface area contributed by atoms with Gasteiger partial charge in [0.2, 0.25) is 0 Å². The summed E-state index contributed by atoms with van der Waals surface area (Å²) < 4.78 is 7.30. The monoisotopic (exact) mass is 530 g/mol. The second-order valence-corrected chi connectivity index (χ2v) is 9.96. The molecular weight excluding hydrogens is 500 g/mol. The molecule has 1 saturated heterocycles. The van der Waals surface area contributed by atoms with E-state index in [2.05, 4.69) is 11.8 Å². The van der Waals surface area contributed by atoms with Gasteiger partial charge >= 0.3 is 0 Å². The quantitative estimate of drug-likeness (QED) is 0.336. The van der Waals surface area contributed by atoms with Crippen LogP contribution in [-0.2, 0) is 0 Å². The number of hydrogen-bond acceptors (Lipinski definition) is 5. The lowest BCUT2D eigenvalue weighted by Crippen LogP contribution is -2.54. The maximum atomic E-state index is 13.7. The minimum Gasteiger partial charge on any atom is -0.494 e. The van der Waals surface area contributed by atoms with Crippen molar-refractivity contribution in [3.8, 4) is 11.4 Å². The predicted octanol–water partition coefficient (Wildman–Crippen LogP) is 5.35. The van der Waals surface area contributed by atoms with Crippen LogP contribution in [0.1, 0.15) is 43.0 Å². The third-order valence-electron chi connectivity index (χ3n) is 7.15. The molecule has 0 N–H and O–H groups in total. The number of hydrogen-bond donors (Lipinski definition) is 0. The van der Waals surface area contributed by atoms with Crippen molar-refractivity contribution < 1.29 is 9.53 Å². The number of halogens is 1. The summed E-state index contributed by atoms with van der Waals surface area (Å²) in [5.74, 6) is 1.35. The highest BCUT2D eigenvalue weighted by molar-refractivity contribution is 6.33. The van der Waals surface area contributed by atoms with Gasteiger partial charge in [-0.1, -0.05) is 35.9 Å². The SMILES string of the molecule is CCOc1ccc(-n2c(C(C)N3CCN(C(=O)c4ccccc4Cl)C(C)C3)nc3ccccc3c2=O)cc1. The summed E-state index contributed by atoms with van der Waals surface area (Å²) in [6.45, 7) is 8.46. The Hall–Kier alpha value is -3.68. The van der Waals surface area contributed by atoms with Crippen molar-refractivity contribution in [2.45, 2.75) is 32.9 Å². The first kappa shape index (κ1) is 25.9. The summed E-state index contributed by atoms with van der Waals surface area (Å²) in [4.78, 5) is 36.1. The fraction of sp³-hybridized carbons (Fsp3) is 0.300. The molecule has 3 aromatic carbocycles. The number of aromatic nitrogens is 2. The van der Waals surface area contributed by atoms with Gasteiger partial charge in [0.05, 0.1) is 39.8 Å².